The lowest BCUT2D eigenvalue weighted by Crippen LogP contribution is -2.02. The summed E-state index contributed by atoms with van der Waals surface area (Å²) in [5, 5.41) is 9.19. The number of benzene rings is 19. The zero-order chi connectivity index (χ0) is 86.0. The van der Waals surface area contributed by atoms with Crippen LogP contribution in [0.25, 0.3) is 245 Å². The summed E-state index contributed by atoms with van der Waals surface area (Å²) in [6, 6.07) is 162. The van der Waals surface area contributed by atoms with Crippen LogP contribution in [0.15, 0.2) is 470 Å². The maximum absolute atomic E-state index is 6.54. The summed E-state index contributed by atoms with van der Waals surface area (Å²) in [6.07, 6.45) is 0. The van der Waals surface area contributed by atoms with Gasteiger partial charge in [0.2, 0.25) is 0 Å². The van der Waals surface area contributed by atoms with E-state index in [0.29, 0.717) is 34.9 Å². The van der Waals surface area contributed by atoms with Crippen LogP contribution in [0.3, 0.4) is 0 Å². The van der Waals surface area contributed by atoms with E-state index in [0.717, 1.165) is 177 Å². The first-order chi connectivity index (χ1) is 64.4. The third-order valence-electron chi connectivity index (χ3n) is 24.9. The van der Waals surface area contributed by atoms with E-state index in [1.54, 1.807) is 0 Å². The molecular weight excluding hydrogens is 1590 g/mol. The van der Waals surface area contributed by atoms with Gasteiger partial charge in [-0.3, -0.25) is 0 Å². The summed E-state index contributed by atoms with van der Waals surface area (Å²) in [6.45, 7) is 0. The Hall–Kier alpha value is -17.6. The number of hydrogen-bond donors (Lipinski definition) is 0. The molecule has 0 N–H and O–H groups in total. The lowest BCUT2D eigenvalue weighted by atomic mass is 9.97. The number of nitrogens with zero attached hydrogens (tertiary/aromatic N) is 8. The van der Waals surface area contributed by atoms with Gasteiger partial charge in [0, 0.05) is 99.0 Å². The molecule has 10 nitrogen and oxygen atoms in total. The van der Waals surface area contributed by atoms with Gasteiger partial charge >= 0.3 is 0 Å². The van der Waals surface area contributed by atoms with Crippen LogP contribution in [-0.4, -0.2) is 39.0 Å². The maximum atomic E-state index is 6.54. The molecular formula is C120H76N8O2. The second-order valence-electron chi connectivity index (χ2n) is 32.7. The van der Waals surface area contributed by atoms with Gasteiger partial charge in [-0.1, -0.05) is 370 Å². The predicted molar refractivity (Wildman–Crippen MR) is 534 cm³/mol. The first-order valence-corrected chi connectivity index (χ1v) is 43.8. The molecule has 130 heavy (non-hydrogen) atoms. The Kier molecular flexibility index (Phi) is 19.0. The number of aromatic nitrogens is 8. The van der Waals surface area contributed by atoms with Gasteiger partial charge in [-0.25, -0.2) is 29.9 Å². The summed E-state index contributed by atoms with van der Waals surface area (Å²) in [4.78, 5) is 31.3. The monoisotopic (exact) mass is 1660 g/mol. The summed E-state index contributed by atoms with van der Waals surface area (Å²) in [7, 11) is 0. The summed E-state index contributed by atoms with van der Waals surface area (Å²) in [5.41, 5.74) is 30.8. The van der Waals surface area contributed by atoms with Crippen molar-refractivity contribution in [3.63, 3.8) is 0 Å². The molecule has 0 bridgehead atoms. The molecule has 0 fully saturated rings. The highest BCUT2D eigenvalue weighted by molar-refractivity contribution is 6.15. The third-order valence-corrected chi connectivity index (χ3v) is 24.9. The normalized spacial score (nSPS) is 11.5. The fourth-order valence-electron chi connectivity index (χ4n) is 18.7. The zero-order valence-corrected chi connectivity index (χ0v) is 70.3. The number of fused-ring (bicyclic) bond motifs is 12. The van der Waals surface area contributed by atoms with Gasteiger partial charge in [-0.15, -0.1) is 0 Å². The first-order valence-electron chi connectivity index (χ1n) is 43.8. The van der Waals surface area contributed by atoms with Crippen LogP contribution in [-0.2, 0) is 0 Å². The minimum Gasteiger partial charge on any atom is -0.455 e. The highest BCUT2D eigenvalue weighted by atomic mass is 16.3. The van der Waals surface area contributed by atoms with Gasteiger partial charge in [0.1, 0.15) is 22.3 Å². The molecule has 0 radical (unpaired) electrons. The fraction of sp³-hybridized carbons (Fsp3) is 0. The summed E-state index contributed by atoms with van der Waals surface area (Å²) in [5.74, 6) is 3.65. The summed E-state index contributed by atoms with van der Waals surface area (Å²) >= 11 is 0. The van der Waals surface area contributed by atoms with E-state index in [1.165, 1.54) is 32.7 Å². The Morgan fingerprint density at radius 2 is 0.431 bits per heavy atom. The molecule has 0 spiro atoms. The molecule has 0 aliphatic rings. The molecule has 0 aliphatic carbocycles. The van der Waals surface area contributed by atoms with Gasteiger partial charge in [0.05, 0.1) is 22.1 Å². The van der Waals surface area contributed by atoms with Crippen LogP contribution in [0.2, 0.25) is 0 Å². The molecule has 0 unspecified atom stereocenters. The molecule has 25 rings (SSSR count). The van der Waals surface area contributed by atoms with Crippen LogP contribution < -0.4 is 0 Å². The molecule has 10 heteroatoms. The molecule has 0 atom stereocenters. The standard InChI is InChI=1S/C63H40N4O.C57H36N4O/c1-4-17-41(18-5-1)44-23-14-24-45(37-44)46-25-15-26-48(38-46)62-64-61(43-21-8-3-9-22-43)65-63(66-62)55-36-34-49(40-56(55)42-19-6-2-7-20-42)67-57-31-12-10-27-51(57)52-35-33-47(39-58(52)67)50-29-16-30-54-53-28-11-13-32-59(53)68-60(50)54;1-4-16-37(17-5-1)40-22-14-23-42(34-40)56-58-55(39-20-8-3-9-21-39)59-57(60-56)49-33-31-43(36-50(49)38-18-6-2-7-19-38)61-51-28-12-10-24-45(51)46-32-30-41(35-52(46)61)44-26-15-27-48-47-25-11-13-29-53(47)62-54(44)48/h1-40H;1-36H. The smallest absolute Gasteiger partial charge is 0.164 e. The minimum atomic E-state index is 0.596. The van der Waals surface area contributed by atoms with Gasteiger partial charge < -0.3 is 18.0 Å². The number of furan rings is 2. The molecule has 6 aromatic heterocycles. The highest BCUT2D eigenvalue weighted by Crippen LogP contribution is 2.46. The Morgan fingerprint density at radius 1 is 0.146 bits per heavy atom. The SMILES string of the molecule is c1ccc(-c2cccc(-c3cccc(-c4nc(-c5ccccc5)nc(-c5ccc(-n6c7ccccc7c7ccc(-c8cccc9c8oc8ccccc89)cc76)cc5-c5ccccc5)n4)c3)c2)cc1.c1ccc(-c2cccc(-c3nc(-c4ccccc4)nc(-c4ccc(-n5c6ccccc6c6ccc(-c7cccc8c7oc7ccccc78)cc65)cc4-c4ccccc4)n3)c2)cc1. The summed E-state index contributed by atoms with van der Waals surface area (Å²) < 4.78 is 17.8. The van der Waals surface area contributed by atoms with Crippen LogP contribution >= 0.6 is 0 Å². The molecule has 608 valence electrons. The van der Waals surface area contributed by atoms with Gasteiger partial charge in [-0.05, 0) is 158 Å². The molecule has 0 aliphatic heterocycles. The minimum absolute atomic E-state index is 0.596. The number of para-hydroxylation sites is 6. The van der Waals surface area contributed by atoms with E-state index in [1.807, 2.05) is 72.8 Å². The molecule has 19 aromatic carbocycles. The zero-order valence-electron chi connectivity index (χ0n) is 70.3. The number of hydrogen-bond acceptors (Lipinski definition) is 8. The van der Waals surface area contributed by atoms with Crippen molar-refractivity contribution in [2.75, 3.05) is 0 Å². The van der Waals surface area contributed by atoms with Crippen LogP contribution in [0.4, 0.5) is 0 Å². The predicted octanol–water partition coefficient (Wildman–Crippen LogP) is 31.4. The molecule has 0 saturated heterocycles. The first kappa shape index (κ1) is 76.1. The van der Waals surface area contributed by atoms with Crippen molar-refractivity contribution < 1.29 is 8.83 Å². The van der Waals surface area contributed by atoms with Gasteiger partial charge in [0.25, 0.3) is 0 Å². The van der Waals surface area contributed by atoms with Crippen molar-refractivity contribution >= 4 is 87.5 Å². The second kappa shape index (κ2) is 32.5. The molecule has 6 heterocycles. The van der Waals surface area contributed by atoms with Crippen LogP contribution in [0, 0.1) is 0 Å². The lowest BCUT2D eigenvalue weighted by Gasteiger charge is -2.16. The second-order valence-corrected chi connectivity index (χ2v) is 32.7. The topological polar surface area (TPSA) is 113 Å². The maximum Gasteiger partial charge on any atom is 0.164 e. The Labute approximate surface area is 749 Å². The Bertz CT molecular complexity index is 8660. The fourth-order valence-corrected chi connectivity index (χ4v) is 18.7. The Morgan fingerprint density at radius 3 is 0.831 bits per heavy atom. The van der Waals surface area contributed by atoms with Crippen molar-refractivity contribution in [2.24, 2.45) is 0 Å². The third kappa shape index (κ3) is 13.9. The molecule has 0 amide bonds. The quantitative estimate of drug-likeness (QED) is 0.0997. The van der Waals surface area contributed by atoms with Crippen molar-refractivity contribution in [2.45, 2.75) is 0 Å². The number of rotatable bonds is 15. The largest absolute Gasteiger partial charge is 0.455 e. The average Bonchev–Trinajstić information content (AvgIpc) is 1.58. The van der Waals surface area contributed by atoms with Gasteiger partial charge in [-0.2, -0.15) is 0 Å². The molecule has 0 saturated carbocycles. The lowest BCUT2D eigenvalue weighted by molar-refractivity contribution is 0.669. The van der Waals surface area contributed by atoms with Crippen molar-refractivity contribution in [1.82, 2.24) is 39.0 Å². The molecule has 25 aromatic rings. The van der Waals surface area contributed by atoms with Crippen LogP contribution in [0.5, 0.6) is 0 Å². The van der Waals surface area contributed by atoms with E-state index >= 15 is 0 Å². The van der Waals surface area contributed by atoms with Crippen molar-refractivity contribution in [3.8, 4) is 158 Å². The van der Waals surface area contributed by atoms with Crippen molar-refractivity contribution in [1.29, 1.82) is 0 Å². The van der Waals surface area contributed by atoms with Crippen LogP contribution in [0.1, 0.15) is 0 Å². The van der Waals surface area contributed by atoms with E-state index < -0.39 is 0 Å². The van der Waals surface area contributed by atoms with E-state index in [9.17, 15) is 0 Å². The van der Waals surface area contributed by atoms with Gasteiger partial charge in [0.15, 0.2) is 34.9 Å². The highest BCUT2D eigenvalue weighted by Gasteiger charge is 2.25. The van der Waals surface area contributed by atoms with E-state index in [2.05, 4.69) is 397 Å². The Balaban J connectivity index is 0.000000145. The van der Waals surface area contributed by atoms with E-state index in [4.69, 9.17) is 38.7 Å². The van der Waals surface area contributed by atoms with Crippen molar-refractivity contribution in [3.05, 3.63) is 461 Å². The average molecular weight is 1660 g/mol. The van der Waals surface area contributed by atoms with E-state index in [-0.39, 0.29) is 0 Å².